The summed E-state index contributed by atoms with van der Waals surface area (Å²) >= 11 is 10.6. The van der Waals surface area contributed by atoms with E-state index in [-0.39, 0.29) is 0 Å². The van der Waals surface area contributed by atoms with E-state index in [1.165, 1.54) is 5.56 Å². The summed E-state index contributed by atoms with van der Waals surface area (Å²) < 4.78 is 1.98. The Hall–Kier alpha value is -0.930. The first-order valence-electron chi connectivity index (χ1n) is 5.98. The Morgan fingerprint density at radius 2 is 1.94 bits per heavy atom. The third-order valence-corrected chi connectivity index (χ3v) is 4.17. The van der Waals surface area contributed by atoms with Crippen molar-refractivity contribution in [3.63, 3.8) is 0 Å². The molecule has 2 nitrogen and oxygen atoms in total. The number of nitrogens with zero attached hydrogens (tertiary/aromatic N) is 2. The SMILES string of the molecule is Cc1nn(CC(CS)c2ccccc2)c(C)c1Cl. The monoisotopic (exact) mass is 280 g/mol. The molecule has 0 spiro atoms. The Balaban J connectivity index is 2.23. The molecule has 0 fully saturated rings. The maximum absolute atomic E-state index is 6.17. The Kier molecular flexibility index (Phi) is 4.36. The first-order valence-corrected chi connectivity index (χ1v) is 6.99. The van der Waals surface area contributed by atoms with Crippen molar-refractivity contribution in [2.24, 2.45) is 0 Å². The Labute approximate surface area is 118 Å². The second kappa shape index (κ2) is 5.81. The quantitative estimate of drug-likeness (QED) is 0.842. The van der Waals surface area contributed by atoms with E-state index < -0.39 is 0 Å². The molecule has 2 rings (SSSR count). The van der Waals surface area contributed by atoms with Gasteiger partial charge in [-0.2, -0.15) is 17.7 Å². The molecule has 4 heteroatoms. The van der Waals surface area contributed by atoms with Crippen molar-refractivity contribution in [3.8, 4) is 0 Å². The zero-order valence-electron chi connectivity index (χ0n) is 10.6. The summed E-state index contributed by atoms with van der Waals surface area (Å²) in [7, 11) is 0. The molecule has 0 amide bonds. The fourth-order valence-corrected chi connectivity index (χ4v) is 2.52. The van der Waals surface area contributed by atoms with Crippen molar-refractivity contribution in [2.45, 2.75) is 26.3 Å². The molecule has 96 valence electrons. The van der Waals surface area contributed by atoms with E-state index in [0.29, 0.717) is 5.92 Å². The number of benzene rings is 1. The predicted molar refractivity (Wildman–Crippen MR) is 79.7 cm³/mol. The normalized spacial score (nSPS) is 12.7. The van der Waals surface area contributed by atoms with Gasteiger partial charge < -0.3 is 0 Å². The van der Waals surface area contributed by atoms with Crippen molar-refractivity contribution in [3.05, 3.63) is 52.3 Å². The minimum absolute atomic E-state index is 0.351. The highest BCUT2D eigenvalue weighted by Crippen LogP contribution is 2.24. The first kappa shape index (κ1) is 13.5. The van der Waals surface area contributed by atoms with Gasteiger partial charge in [0.25, 0.3) is 0 Å². The van der Waals surface area contributed by atoms with Gasteiger partial charge in [-0.05, 0) is 25.2 Å². The summed E-state index contributed by atoms with van der Waals surface area (Å²) in [5.41, 5.74) is 3.20. The summed E-state index contributed by atoms with van der Waals surface area (Å²) in [5.74, 6) is 1.14. The van der Waals surface area contributed by atoms with Crippen LogP contribution in [0.25, 0.3) is 0 Å². The molecule has 0 aliphatic rings. The molecule has 2 aromatic rings. The Bertz CT molecular complexity index is 522. The smallest absolute Gasteiger partial charge is 0.0844 e. The molecule has 1 aromatic carbocycles. The zero-order chi connectivity index (χ0) is 13.1. The van der Waals surface area contributed by atoms with Gasteiger partial charge in [-0.15, -0.1) is 0 Å². The van der Waals surface area contributed by atoms with Crippen LogP contribution in [0.1, 0.15) is 22.9 Å². The van der Waals surface area contributed by atoms with Gasteiger partial charge in [0.15, 0.2) is 0 Å². The summed E-state index contributed by atoms with van der Waals surface area (Å²) in [5, 5.41) is 5.24. The summed E-state index contributed by atoms with van der Waals surface area (Å²) in [6.45, 7) is 4.75. The fourth-order valence-electron chi connectivity index (χ4n) is 2.06. The molecule has 0 N–H and O–H groups in total. The molecule has 18 heavy (non-hydrogen) atoms. The third kappa shape index (κ3) is 2.73. The Morgan fingerprint density at radius 1 is 1.28 bits per heavy atom. The van der Waals surface area contributed by atoms with Crippen LogP contribution in [-0.4, -0.2) is 15.5 Å². The fraction of sp³-hybridized carbons (Fsp3) is 0.357. The second-order valence-electron chi connectivity index (χ2n) is 4.46. The van der Waals surface area contributed by atoms with E-state index in [4.69, 9.17) is 11.6 Å². The van der Waals surface area contributed by atoms with E-state index in [0.717, 1.165) is 28.7 Å². The van der Waals surface area contributed by atoms with Gasteiger partial charge in [-0.25, -0.2) is 0 Å². The van der Waals surface area contributed by atoms with E-state index in [1.807, 2.05) is 24.6 Å². The molecule has 0 aliphatic heterocycles. The van der Waals surface area contributed by atoms with Crippen LogP contribution in [0.2, 0.25) is 5.02 Å². The highest BCUT2D eigenvalue weighted by atomic mass is 35.5. The minimum atomic E-state index is 0.351. The van der Waals surface area contributed by atoms with Crippen molar-refractivity contribution >= 4 is 24.2 Å². The van der Waals surface area contributed by atoms with Crippen LogP contribution in [0.3, 0.4) is 0 Å². The number of halogens is 1. The van der Waals surface area contributed by atoms with Crippen LogP contribution < -0.4 is 0 Å². The van der Waals surface area contributed by atoms with Crippen LogP contribution in [0, 0.1) is 13.8 Å². The van der Waals surface area contributed by atoms with Crippen molar-refractivity contribution in [1.82, 2.24) is 9.78 Å². The van der Waals surface area contributed by atoms with Crippen molar-refractivity contribution in [1.29, 1.82) is 0 Å². The molecule has 0 saturated carbocycles. The molecular formula is C14H17ClN2S. The van der Waals surface area contributed by atoms with Crippen LogP contribution in [0.15, 0.2) is 30.3 Å². The standard InChI is InChI=1S/C14H17ClN2S/c1-10-14(15)11(2)17(16-10)8-13(9-18)12-6-4-3-5-7-12/h3-7,13,18H,8-9H2,1-2H3. The highest BCUT2D eigenvalue weighted by molar-refractivity contribution is 7.80. The minimum Gasteiger partial charge on any atom is -0.267 e. The van der Waals surface area contributed by atoms with Gasteiger partial charge in [0, 0.05) is 12.5 Å². The number of hydrogen-bond donors (Lipinski definition) is 1. The van der Waals surface area contributed by atoms with Crippen molar-refractivity contribution in [2.75, 3.05) is 5.75 Å². The molecule has 1 atom stereocenters. The number of rotatable bonds is 4. The van der Waals surface area contributed by atoms with E-state index in [2.05, 4.69) is 42.0 Å². The van der Waals surface area contributed by atoms with Crippen molar-refractivity contribution < 1.29 is 0 Å². The lowest BCUT2D eigenvalue weighted by Gasteiger charge is -2.16. The average molecular weight is 281 g/mol. The lowest BCUT2D eigenvalue weighted by atomic mass is 10.0. The summed E-state index contributed by atoms with van der Waals surface area (Å²) in [6.07, 6.45) is 0. The Morgan fingerprint density at radius 3 is 2.44 bits per heavy atom. The molecule has 0 bridgehead atoms. The van der Waals surface area contributed by atoms with Gasteiger partial charge >= 0.3 is 0 Å². The van der Waals surface area contributed by atoms with Gasteiger partial charge in [-0.3, -0.25) is 4.68 Å². The largest absolute Gasteiger partial charge is 0.267 e. The number of aryl methyl sites for hydroxylation is 1. The lowest BCUT2D eigenvalue weighted by Crippen LogP contribution is -2.13. The first-order chi connectivity index (χ1) is 8.63. The molecular weight excluding hydrogens is 264 g/mol. The summed E-state index contributed by atoms with van der Waals surface area (Å²) in [4.78, 5) is 0. The van der Waals surface area contributed by atoms with Crippen LogP contribution in [-0.2, 0) is 6.54 Å². The topological polar surface area (TPSA) is 17.8 Å². The van der Waals surface area contributed by atoms with E-state index in [1.54, 1.807) is 0 Å². The molecule has 0 radical (unpaired) electrons. The van der Waals surface area contributed by atoms with Gasteiger partial charge in [0.1, 0.15) is 0 Å². The maximum atomic E-state index is 6.17. The zero-order valence-corrected chi connectivity index (χ0v) is 12.2. The van der Waals surface area contributed by atoms with Gasteiger partial charge in [-0.1, -0.05) is 41.9 Å². The van der Waals surface area contributed by atoms with E-state index >= 15 is 0 Å². The lowest BCUT2D eigenvalue weighted by molar-refractivity contribution is 0.534. The van der Waals surface area contributed by atoms with Gasteiger partial charge in [0.2, 0.25) is 0 Å². The molecule has 0 saturated heterocycles. The highest BCUT2D eigenvalue weighted by Gasteiger charge is 2.15. The molecule has 1 heterocycles. The average Bonchev–Trinajstić information content (AvgIpc) is 2.64. The van der Waals surface area contributed by atoms with Gasteiger partial charge in [0.05, 0.1) is 16.4 Å². The third-order valence-electron chi connectivity index (χ3n) is 3.18. The molecule has 1 unspecified atom stereocenters. The molecule has 1 aromatic heterocycles. The van der Waals surface area contributed by atoms with E-state index in [9.17, 15) is 0 Å². The number of thiol groups is 1. The molecule has 0 aliphatic carbocycles. The maximum Gasteiger partial charge on any atom is 0.0844 e. The number of hydrogen-bond acceptors (Lipinski definition) is 2. The van der Waals surface area contributed by atoms with Crippen LogP contribution >= 0.6 is 24.2 Å². The second-order valence-corrected chi connectivity index (χ2v) is 5.20. The number of aromatic nitrogens is 2. The van der Waals surface area contributed by atoms with Crippen LogP contribution in [0.5, 0.6) is 0 Å². The van der Waals surface area contributed by atoms with Crippen LogP contribution in [0.4, 0.5) is 0 Å². The predicted octanol–water partition coefficient (Wildman–Crippen LogP) is 3.87. The summed E-state index contributed by atoms with van der Waals surface area (Å²) in [6, 6.07) is 10.4.